The second-order valence-electron chi connectivity index (χ2n) is 14.2. The zero-order valence-corrected chi connectivity index (χ0v) is 31.0. The molecule has 4 nitrogen and oxygen atoms in total. The first kappa shape index (κ1) is 32.4. The highest BCUT2D eigenvalue weighted by Crippen LogP contribution is 2.39. The molecule has 0 spiro atoms. The predicted molar refractivity (Wildman–Crippen MR) is 235 cm³/mol. The molecular weight excluding hydrogens is 703 g/mol. The summed E-state index contributed by atoms with van der Waals surface area (Å²) in [6.45, 7) is 0. The lowest BCUT2D eigenvalue weighted by molar-refractivity contribution is 0.667. The number of nitrogens with zero attached hydrogens (tertiary/aromatic N) is 2. The van der Waals surface area contributed by atoms with Gasteiger partial charge in [-0.2, -0.15) is 0 Å². The summed E-state index contributed by atoms with van der Waals surface area (Å²) in [5.74, 6) is 1.48. The maximum Gasteiger partial charge on any atom is 0.169 e. The predicted octanol–water partition coefficient (Wildman–Crippen LogP) is 13.5. The number of fused-ring (bicyclic) bond motifs is 6. The van der Waals surface area contributed by atoms with E-state index in [4.69, 9.17) is 14.4 Å². The molecule has 1 N–H and O–H groups in total. The molecule has 0 amide bonds. The van der Waals surface area contributed by atoms with Gasteiger partial charge in [0.25, 0.3) is 0 Å². The molecule has 1 atom stereocenters. The number of para-hydroxylation sites is 2. The van der Waals surface area contributed by atoms with Gasteiger partial charge in [0.05, 0.1) is 5.56 Å². The van der Waals surface area contributed by atoms with E-state index in [-0.39, 0.29) is 0 Å². The number of benzene rings is 8. The van der Waals surface area contributed by atoms with Crippen molar-refractivity contribution in [3.05, 3.63) is 205 Å². The Hall–Kier alpha value is -7.08. The molecule has 0 radical (unpaired) electrons. The molecule has 5 heteroatoms. The summed E-state index contributed by atoms with van der Waals surface area (Å²) in [6, 6.07) is 66.4. The van der Waals surface area contributed by atoms with Crippen molar-refractivity contribution in [3.63, 3.8) is 0 Å². The number of furan rings is 1. The highest BCUT2D eigenvalue weighted by Gasteiger charge is 2.25. The first-order chi connectivity index (χ1) is 27.7. The Labute approximate surface area is 327 Å². The van der Waals surface area contributed by atoms with Gasteiger partial charge < -0.3 is 9.73 Å². The van der Waals surface area contributed by atoms with Gasteiger partial charge in [-0.05, 0) is 87.5 Å². The molecule has 0 bridgehead atoms. The second kappa shape index (κ2) is 13.3. The van der Waals surface area contributed by atoms with Crippen LogP contribution >= 0.6 is 11.3 Å². The normalized spacial score (nSPS) is 14.2. The van der Waals surface area contributed by atoms with Crippen LogP contribution in [-0.4, -0.2) is 11.7 Å². The van der Waals surface area contributed by atoms with Crippen molar-refractivity contribution in [1.29, 1.82) is 0 Å². The van der Waals surface area contributed by atoms with Crippen LogP contribution in [0.2, 0.25) is 0 Å². The Bertz CT molecular complexity index is 3100. The van der Waals surface area contributed by atoms with Crippen LogP contribution in [0.15, 0.2) is 202 Å². The fourth-order valence-corrected chi connectivity index (χ4v) is 9.07. The van der Waals surface area contributed by atoms with Crippen LogP contribution in [0.1, 0.15) is 22.9 Å². The third-order valence-corrected chi connectivity index (χ3v) is 11.9. The Morgan fingerprint density at radius 3 is 1.77 bits per heavy atom. The van der Waals surface area contributed by atoms with Crippen LogP contribution in [-0.2, 0) is 0 Å². The summed E-state index contributed by atoms with van der Waals surface area (Å²) in [5.41, 5.74) is 11.5. The van der Waals surface area contributed by atoms with E-state index in [1.807, 2.05) is 23.5 Å². The Balaban J connectivity index is 1.08. The minimum Gasteiger partial charge on any atom is -0.455 e. The highest BCUT2D eigenvalue weighted by atomic mass is 32.1. The second-order valence-corrected chi connectivity index (χ2v) is 15.3. The molecule has 11 rings (SSSR count). The van der Waals surface area contributed by atoms with Crippen molar-refractivity contribution in [2.75, 3.05) is 0 Å². The van der Waals surface area contributed by atoms with Crippen molar-refractivity contribution >= 4 is 65.1 Å². The van der Waals surface area contributed by atoms with Gasteiger partial charge >= 0.3 is 0 Å². The van der Waals surface area contributed by atoms with Crippen molar-refractivity contribution in [3.8, 4) is 33.4 Å². The van der Waals surface area contributed by atoms with E-state index >= 15 is 0 Å². The van der Waals surface area contributed by atoms with Crippen molar-refractivity contribution in [2.24, 2.45) is 9.98 Å². The molecule has 8 aromatic carbocycles. The van der Waals surface area contributed by atoms with Crippen LogP contribution in [0.25, 0.3) is 75.5 Å². The van der Waals surface area contributed by atoms with Crippen LogP contribution in [0.3, 0.4) is 0 Å². The largest absolute Gasteiger partial charge is 0.455 e. The lowest BCUT2D eigenvalue weighted by Crippen LogP contribution is -2.36. The summed E-state index contributed by atoms with van der Waals surface area (Å²) in [4.78, 5) is 10.8. The van der Waals surface area contributed by atoms with Crippen molar-refractivity contribution in [2.45, 2.75) is 6.17 Å². The van der Waals surface area contributed by atoms with Gasteiger partial charge in [-0.1, -0.05) is 140 Å². The molecule has 10 aromatic rings. The third kappa shape index (κ3) is 5.69. The lowest BCUT2D eigenvalue weighted by Gasteiger charge is -2.23. The molecule has 1 unspecified atom stereocenters. The van der Waals surface area contributed by atoms with Gasteiger partial charge in [0, 0.05) is 36.5 Å². The Morgan fingerprint density at radius 1 is 0.411 bits per heavy atom. The molecule has 1 aliphatic rings. The Kier molecular flexibility index (Phi) is 7.71. The summed E-state index contributed by atoms with van der Waals surface area (Å²) in [5, 5.41) is 8.35. The zero-order valence-electron chi connectivity index (χ0n) is 30.2. The number of thiophene rings is 1. The smallest absolute Gasteiger partial charge is 0.169 e. The van der Waals surface area contributed by atoms with E-state index in [0.717, 1.165) is 72.6 Å². The monoisotopic (exact) mass is 735 g/mol. The van der Waals surface area contributed by atoms with E-state index in [1.165, 1.54) is 31.3 Å². The van der Waals surface area contributed by atoms with Gasteiger partial charge in [0.1, 0.15) is 22.8 Å². The zero-order chi connectivity index (χ0) is 37.0. The number of hydrogen-bond donors (Lipinski definition) is 1. The number of hydrogen-bond acceptors (Lipinski definition) is 5. The minimum atomic E-state index is -0.490. The fourth-order valence-electron chi connectivity index (χ4n) is 7.94. The number of aliphatic imine (C=N–C) groups is 2. The molecule has 264 valence electrons. The van der Waals surface area contributed by atoms with E-state index in [0.29, 0.717) is 0 Å². The molecule has 1 aliphatic heterocycles. The topological polar surface area (TPSA) is 49.9 Å². The summed E-state index contributed by atoms with van der Waals surface area (Å²) < 4.78 is 9.02. The maximum atomic E-state index is 6.55. The summed E-state index contributed by atoms with van der Waals surface area (Å²) in [6.07, 6.45) is -0.490. The van der Waals surface area contributed by atoms with Gasteiger partial charge in [-0.15, -0.1) is 11.3 Å². The number of amidine groups is 2. The summed E-state index contributed by atoms with van der Waals surface area (Å²) >= 11 is 1.81. The van der Waals surface area contributed by atoms with Crippen LogP contribution < -0.4 is 5.32 Å². The van der Waals surface area contributed by atoms with E-state index in [2.05, 4.69) is 181 Å². The van der Waals surface area contributed by atoms with Crippen molar-refractivity contribution < 1.29 is 4.42 Å². The van der Waals surface area contributed by atoms with Crippen molar-refractivity contribution in [1.82, 2.24) is 5.32 Å². The molecular formula is C51H33N3OS. The molecule has 2 aromatic heterocycles. The van der Waals surface area contributed by atoms with E-state index < -0.39 is 6.17 Å². The first-order valence-electron chi connectivity index (χ1n) is 18.8. The molecule has 0 aliphatic carbocycles. The fraction of sp³-hybridized carbons (Fsp3) is 0.0196. The molecule has 0 saturated heterocycles. The van der Waals surface area contributed by atoms with Crippen LogP contribution in [0.4, 0.5) is 0 Å². The van der Waals surface area contributed by atoms with Gasteiger partial charge in [-0.3, -0.25) is 0 Å². The SMILES string of the molecule is c1ccc(-c2cc(C3=NC(c4ccc5c(c4)sc4ccc(-c6ccccc6)cc45)N=C(c4cccc5c4oc4ccccc45)N3)cc(-c3ccccc3)c2)cc1. The minimum absolute atomic E-state index is 0.490. The molecule has 0 fully saturated rings. The van der Waals surface area contributed by atoms with E-state index in [1.54, 1.807) is 0 Å². The molecule has 3 heterocycles. The van der Waals surface area contributed by atoms with Gasteiger partial charge in [-0.25, -0.2) is 9.98 Å². The van der Waals surface area contributed by atoms with E-state index in [9.17, 15) is 0 Å². The molecule has 56 heavy (non-hydrogen) atoms. The van der Waals surface area contributed by atoms with Gasteiger partial charge in [0.2, 0.25) is 0 Å². The summed E-state index contributed by atoms with van der Waals surface area (Å²) in [7, 11) is 0. The third-order valence-electron chi connectivity index (χ3n) is 10.7. The highest BCUT2D eigenvalue weighted by molar-refractivity contribution is 7.25. The van der Waals surface area contributed by atoms with Crippen LogP contribution in [0.5, 0.6) is 0 Å². The van der Waals surface area contributed by atoms with Gasteiger partial charge in [0.15, 0.2) is 6.17 Å². The van der Waals surface area contributed by atoms with Crippen LogP contribution in [0, 0.1) is 0 Å². The maximum absolute atomic E-state index is 6.55. The average Bonchev–Trinajstić information content (AvgIpc) is 3.85. The average molecular weight is 736 g/mol. The quantitative estimate of drug-likeness (QED) is 0.185. The Morgan fingerprint density at radius 2 is 1.04 bits per heavy atom. The standard InChI is InChI=1S/C51H33N3OS/c1-4-13-32(14-5-1)35-24-26-46-44(30-35)41-25-23-36(31-47(41)56-46)49-52-50(54-51(53-49)43-21-12-20-42-40-19-10-11-22-45(40)55-48(42)43)39-28-37(33-15-6-2-7-16-33)27-38(29-39)34-17-8-3-9-18-34/h1-31,49H,(H,52,53,54). The first-order valence-corrected chi connectivity index (χ1v) is 19.6. The lowest BCUT2D eigenvalue weighted by atomic mass is 9.95. The molecule has 0 saturated carbocycles. The number of rotatable bonds is 6. The number of nitrogens with one attached hydrogen (secondary N) is 1.